The number of aromatic nitrogens is 3. The molecule has 1 atom stereocenters. The van der Waals surface area contributed by atoms with Gasteiger partial charge in [0.25, 0.3) is 5.91 Å². The first-order valence-electron chi connectivity index (χ1n) is 9.78. The first kappa shape index (κ1) is 20.0. The Kier molecular flexibility index (Phi) is 5.49. The van der Waals surface area contributed by atoms with Gasteiger partial charge in [-0.05, 0) is 43.5 Å². The summed E-state index contributed by atoms with van der Waals surface area (Å²) < 4.78 is 29.5. The summed E-state index contributed by atoms with van der Waals surface area (Å²) >= 11 is 0. The quantitative estimate of drug-likeness (QED) is 0.474. The van der Waals surface area contributed by atoms with E-state index >= 15 is 0 Å². The van der Waals surface area contributed by atoms with Crippen LogP contribution in [0.1, 0.15) is 48.1 Å². The minimum atomic E-state index is -0.547. The topological polar surface area (TPSA) is 97.8 Å². The number of amides is 1. The van der Waals surface area contributed by atoms with Crippen molar-refractivity contribution in [2.45, 2.75) is 32.2 Å². The fourth-order valence-electron chi connectivity index (χ4n) is 3.72. The van der Waals surface area contributed by atoms with Crippen molar-refractivity contribution in [3.05, 3.63) is 53.2 Å². The van der Waals surface area contributed by atoms with Gasteiger partial charge < -0.3 is 10.6 Å². The van der Waals surface area contributed by atoms with Gasteiger partial charge in [0.1, 0.15) is 23.0 Å². The Labute approximate surface area is 171 Å². The summed E-state index contributed by atoms with van der Waals surface area (Å²) in [5.41, 5.74) is 8.90. The lowest BCUT2D eigenvalue weighted by atomic mass is 10.0. The zero-order valence-corrected chi connectivity index (χ0v) is 16.4. The van der Waals surface area contributed by atoms with Crippen molar-refractivity contribution in [1.82, 2.24) is 20.1 Å². The minimum Gasteiger partial charge on any atom is -0.381 e. The zero-order valence-electron chi connectivity index (χ0n) is 16.4. The molecule has 0 radical (unpaired) electrons. The lowest BCUT2D eigenvalue weighted by Crippen LogP contribution is -2.26. The van der Waals surface area contributed by atoms with Gasteiger partial charge in [-0.25, -0.2) is 23.8 Å². The van der Waals surface area contributed by atoms with Crippen molar-refractivity contribution in [2.75, 3.05) is 23.8 Å². The largest absolute Gasteiger partial charge is 0.381 e. The van der Waals surface area contributed by atoms with Crippen LogP contribution in [0.4, 0.5) is 20.4 Å². The van der Waals surface area contributed by atoms with Crippen LogP contribution < -0.4 is 16.1 Å². The number of hydrogen-bond acceptors (Lipinski definition) is 6. The van der Waals surface area contributed by atoms with E-state index < -0.39 is 17.5 Å². The van der Waals surface area contributed by atoms with Crippen molar-refractivity contribution in [2.24, 2.45) is 0 Å². The Morgan fingerprint density at radius 2 is 2.20 bits per heavy atom. The number of nitrogens with two attached hydrogens (primary N) is 1. The van der Waals surface area contributed by atoms with E-state index in [-0.39, 0.29) is 28.6 Å². The maximum Gasteiger partial charge on any atom is 0.282 e. The highest BCUT2D eigenvalue weighted by Gasteiger charge is 2.30. The molecule has 3 aromatic rings. The van der Waals surface area contributed by atoms with Gasteiger partial charge in [0, 0.05) is 18.3 Å². The molecule has 1 aliphatic heterocycles. The lowest BCUT2D eigenvalue weighted by Gasteiger charge is -2.26. The van der Waals surface area contributed by atoms with E-state index in [4.69, 9.17) is 10.6 Å². The second-order valence-electron chi connectivity index (χ2n) is 7.11. The Morgan fingerprint density at radius 1 is 1.37 bits per heavy atom. The van der Waals surface area contributed by atoms with Crippen molar-refractivity contribution < 1.29 is 18.4 Å². The molecule has 1 aromatic carbocycles. The zero-order chi connectivity index (χ0) is 21.3. The third kappa shape index (κ3) is 3.65. The number of carbonyl (C=O) groups is 1. The van der Waals surface area contributed by atoms with Crippen LogP contribution in [0.5, 0.6) is 0 Å². The molecule has 1 amide bonds. The minimum absolute atomic E-state index is 0.0198. The molecule has 10 heteroatoms. The van der Waals surface area contributed by atoms with Crippen molar-refractivity contribution in [3.63, 3.8) is 0 Å². The first-order valence-corrected chi connectivity index (χ1v) is 9.78. The molecular formula is C20H22F2N6O2. The SMILES string of the molecule is CCCONC(=O)c1c(N)nn2ccc(N3CCC[C@@H]3c3cc(F)ccc3F)nc12. The Balaban J connectivity index is 1.69. The molecule has 2 aromatic heterocycles. The van der Waals surface area contributed by atoms with Gasteiger partial charge in [0.05, 0.1) is 12.6 Å². The second kappa shape index (κ2) is 8.23. The summed E-state index contributed by atoms with van der Waals surface area (Å²) in [6.07, 6.45) is 3.83. The average molecular weight is 416 g/mol. The van der Waals surface area contributed by atoms with Gasteiger partial charge in [0.15, 0.2) is 11.5 Å². The predicted octanol–water partition coefficient (Wildman–Crippen LogP) is 3.00. The van der Waals surface area contributed by atoms with Crippen molar-refractivity contribution in [3.8, 4) is 0 Å². The van der Waals surface area contributed by atoms with Crippen LogP contribution in [0.3, 0.4) is 0 Å². The molecular weight excluding hydrogens is 394 g/mol. The standard InChI is InChI=1S/C20H22F2N6O2/c1-2-10-30-26-20(29)17-18(23)25-28-9-7-16(24-19(17)28)27-8-3-4-15(27)13-11-12(21)5-6-14(13)22/h5-7,9,11,15H,2-4,8,10H2,1H3,(H2,23,25)(H,26,29)/t15-/m1/s1. The molecule has 3 N–H and O–H groups in total. The van der Waals surface area contributed by atoms with Gasteiger partial charge in [-0.1, -0.05) is 6.92 Å². The number of anilines is 2. The predicted molar refractivity (Wildman–Crippen MR) is 107 cm³/mol. The molecule has 0 saturated carbocycles. The Hall–Kier alpha value is -3.27. The third-order valence-corrected chi connectivity index (χ3v) is 5.06. The number of benzene rings is 1. The van der Waals surface area contributed by atoms with Crippen LogP contribution in [-0.4, -0.2) is 33.7 Å². The first-order chi connectivity index (χ1) is 14.5. The van der Waals surface area contributed by atoms with Crippen LogP contribution in [-0.2, 0) is 4.84 Å². The van der Waals surface area contributed by atoms with Crippen LogP contribution in [0.25, 0.3) is 5.65 Å². The molecule has 0 spiro atoms. The highest BCUT2D eigenvalue weighted by Crippen LogP contribution is 2.37. The summed E-state index contributed by atoms with van der Waals surface area (Å²) in [7, 11) is 0. The van der Waals surface area contributed by atoms with Gasteiger partial charge in [0.2, 0.25) is 0 Å². The number of hydroxylamine groups is 1. The molecule has 8 nitrogen and oxygen atoms in total. The molecule has 1 aliphatic rings. The lowest BCUT2D eigenvalue weighted by molar-refractivity contribution is 0.0317. The Morgan fingerprint density at radius 3 is 3.00 bits per heavy atom. The molecule has 30 heavy (non-hydrogen) atoms. The number of hydrogen-bond donors (Lipinski definition) is 2. The number of nitrogens with zero attached hydrogens (tertiary/aromatic N) is 4. The van der Waals surface area contributed by atoms with Gasteiger partial charge >= 0.3 is 0 Å². The monoisotopic (exact) mass is 416 g/mol. The van der Waals surface area contributed by atoms with Gasteiger partial charge in [-0.15, -0.1) is 5.10 Å². The van der Waals surface area contributed by atoms with Crippen LogP contribution in [0.2, 0.25) is 0 Å². The van der Waals surface area contributed by atoms with E-state index in [1.807, 2.05) is 11.8 Å². The summed E-state index contributed by atoms with van der Waals surface area (Å²) in [4.78, 5) is 24.1. The summed E-state index contributed by atoms with van der Waals surface area (Å²) in [5, 5.41) is 4.12. The normalized spacial score (nSPS) is 16.4. The molecule has 1 fully saturated rings. The fraction of sp³-hybridized carbons (Fsp3) is 0.350. The summed E-state index contributed by atoms with van der Waals surface area (Å²) in [6, 6.07) is 4.81. The van der Waals surface area contributed by atoms with E-state index in [2.05, 4.69) is 15.6 Å². The highest BCUT2D eigenvalue weighted by molar-refractivity contribution is 6.03. The average Bonchev–Trinajstić information content (AvgIpc) is 3.33. The van der Waals surface area contributed by atoms with E-state index in [1.165, 1.54) is 10.6 Å². The molecule has 3 heterocycles. The maximum atomic E-state index is 14.4. The smallest absolute Gasteiger partial charge is 0.282 e. The van der Waals surface area contributed by atoms with Crippen molar-refractivity contribution in [1.29, 1.82) is 0 Å². The van der Waals surface area contributed by atoms with Gasteiger partial charge in [-0.3, -0.25) is 9.63 Å². The molecule has 0 bridgehead atoms. The number of carbonyl (C=O) groups excluding carboxylic acids is 1. The second-order valence-corrected chi connectivity index (χ2v) is 7.11. The van der Waals surface area contributed by atoms with Crippen LogP contribution >= 0.6 is 0 Å². The van der Waals surface area contributed by atoms with E-state index in [1.54, 1.807) is 12.3 Å². The number of halogens is 2. The third-order valence-electron chi connectivity index (χ3n) is 5.06. The van der Waals surface area contributed by atoms with Crippen molar-refractivity contribution >= 4 is 23.2 Å². The number of fused-ring (bicyclic) bond motifs is 1. The summed E-state index contributed by atoms with van der Waals surface area (Å²) in [6.45, 7) is 2.89. The number of nitrogen functional groups attached to an aromatic ring is 1. The molecule has 4 rings (SSSR count). The van der Waals surface area contributed by atoms with E-state index in [9.17, 15) is 13.6 Å². The summed E-state index contributed by atoms with van der Waals surface area (Å²) in [5.74, 6) is -0.953. The Bertz CT molecular complexity index is 1090. The van der Waals surface area contributed by atoms with Crippen LogP contribution in [0, 0.1) is 11.6 Å². The fourth-order valence-corrected chi connectivity index (χ4v) is 3.72. The number of rotatable bonds is 6. The maximum absolute atomic E-state index is 14.4. The van der Waals surface area contributed by atoms with Gasteiger partial charge in [-0.2, -0.15) is 0 Å². The van der Waals surface area contributed by atoms with E-state index in [0.29, 0.717) is 25.4 Å². The molecule has 158 valence electrons. The van der Waals surface area contributed by atoms with E-state index in [0.717, 1.165) is 25.0 Å². The molecule has 0 unspecified atom stereocenters. The molecule has 0 aliphatic carbocycles. The number of nitrogens with one attached hydrogen (secondary N) is 1. The molecule has 1 saturated heterocycles. The van der Waals surface area contributed by atoms with Crippen LogP contribution in [0.15, 0.2) is 30.5 Å². The highest BCUT2D eigenvalue weighted by atomic mass is 19.1.